The fourth-order valence-corrected chi connectivity index (χ4v) is 5.21. The number of nitrogens with zero attached hydrogens (tertiary/aromatic N) is 3. The second kappa shape index (κ2) is 11.5. The Morgan fingerprint density at radius 3 is 2.74 bits per heavy atom. The van der Waals surface area contributed by atoms with Gasteiger partial charge in [0.15, 0.2) is 0 Å². The third-order valence-corrected chi connectivity index (χ3v) is 7.90. The van der Waals surface area contributed by atoms with E-state index in [1.54, 1.807) is 42.5 Å². The molecule has 0 spiro atoms. The van der Waals surface area contributed by atoms with Crippen molar-refractivity contribution in [3.8, 4) is 5.75 Å². The van der Waals surface area contributed by atoms with Crippen molar-refractivity contribution in [1.82, 2.24) is 14.8 Å². The van der Waals surface area contributed by atoms with Crippen molar-refractivity contribution in [3.63, 3.8) is 0 Å². The summed E-state index contributed by atoms with van der Waals surface area (Å²) in [4.78, 5) is 34.5. The van der Waals surface area contributed by atoms with Gasteiger partial charge in [-0.3, -0.25) is 14.5 Å². The second-order valence-corrected chi connectivity index (χ2v) is 10.8. The Morgan fingerprint density at radius 1 is 1.29 bits per heavy atom. The van der Waals surface area contributed by atoms with Gasteiger partial charge in [0.05, 0.1) is 18.2 Å². The maximum atomic E-state index is 13.5. The number of hydrogen-bond donors (Lipinski definition) is 1. The molecule has 2 amide bonds. The molecule has 9 heteroatoms. The number of methoxy groups -OCH3 is 1. The van der Waals surface area contributed by atoms with E-state index in [1.165, 1.54) is 0 Å². The molecular weight excluding hydrogens is 464 g/mol. The predicted octanol–water partition coefficient (Wildman–Crippen LogP) is 3.89. The molecule has 8 nitrogen and oxygen atoms in total. The summed E-state index contributed by atoms with van der Waals surface area (Å²) in [6.45, 7) is 6.69. The quantitative estimate of drug-likeness (QED) is 0.671. The number of likely N-dealkylation sites (N-methyl/N-ethyl adjacent to an activating group) is 1. The molecule has 0 saturated heterocycles. The first-order valence-corrected chi connectivity index (χ1v) is 13.2. The molecule has 2 aromatic rings. The summed E-state index contributed by atoms with van der Waals surface area (Å²) >= 11 is 1.65. The van der Waals surface area contributed by atoms with E-state index in [2.05, 4.69) is 29.0 Å². The lowest BCUT2D eigenvalue weighted by molar-refractivity contribution is -0.122. The zero-order valence-corrected chi connectivity index (χ0v) is 21.8. The first kappa shape index (κ1) is 25.6. The van der Waals surface area contributed by atoms with Gasteiger partial charge in [0.1, 0.15) is 17.4 Å². The smallest absolute Gasteiger partial charge is 0.257 e. The third kappa shape index (κ3) is 6.20. The Bertz CT molecular complexity index is 1010. The summed E-state index contributed by atoms with van der Waals surface area (Å²) in [7, 11) is 3.48. The number of hydrogen-bond acceptors (Lipinski definition) is 7. The molecule has 4 rings (SSSR count). The molecule has 1 fully saturated rings. The van der Waals surface area contributed by atoms with Gasteiger partial charge in [0.25, 0.3) is 5.91 Å². The minimum atomic E-state index is -0.151. The van der Waals surface area contributed by atoms with Crippen LogP contribution in [0.15, 0.2) is 29.8 Å². The van der Waals surface area contributed by atoms with E-state index in [-0.39, 0.29) is 35.8 Å². The number of carbonyl (C=O) groups excluding carboxylic acids is 2. The molecule has 0 radical (unpaired) electrons. The van der Waals surface area contributed by atoms with Crippen molar-refractivity contribution in [1.29, 1.82) is 0 Å². The number of aromatic nitrogens is 1. The standard InChI is InChI=1S/C26H36N4O4S/c1-17-13-30(15-24-27-10-11-35-24)18(2)16-34-22-9-8-20(28-25(31)19-6-5-7-19)12-21(22)26(32)29(3)14-23(17)33-4/h8-12,17-19,23H,5-7,13-16H2,1-4H3,(H,28,31)/t17-,18+,23-/m1/s1. The fourth-order valence-electron chi connectivity index (χ4n) is 4.57. The first-order valence-electron chi connectivity index (χ1n) is 12.3. The van der Waals surface area contributed by atoms with Gasteiger partial charge in [-0.2, -0.15) is 0 Å². The van der Waals surface area contributed by atoms with Gasteiger partial charge in [-0.15, -0.1) is 11.3 Å². The average Bonchev–Trinajstić information content (AvgIpc) is 3.31. The zero-order chi connectivity index (χ0) is 24.9. The van der Waals surface area contributed by atoms with Crippen molar-refractivity contribution < 1.29 is 19.1 Å². The van der Waals surface area contributed by atoms with Crippen LogP contribution in [0.5, 0.6) is 5.75 Å². The predicted molar refractivity (Wildman–Crippen MR) is 137 cm³/mol. The molecule has 0 unspecified atom stereocenters. The molecule has 0 bridgehead atoms. The number of carbonyl (C=O) groups is 2. The Hall–Kier alpha value is -2.49. The number of thiazole rings is 1. The normalized spacial score (nSPS) is 24.5. The molecule has 1 aliphatic heterocycles. The Labute approximate surface area is 211 Å². The highest BCUT2D eigenvalue weighted by Gasteiger charge is 2.29. The molecule has 1 aromatic carbocycles. The van der Waals surface area contributed by atoms with Crippen LogP contribution in [0, 0.1) is 11.8 Å². The third-order valence-electron chi connectivity index (χ3n) is 7.14. The van der Waals surface area contributed by atoms with E-state index in [4.69, 9.17) is 9.47 Å². The van der Waals surface area contributed by atoms with E-state index in [0.29, 0.717) is 30.2 Å². The molecule has 1 saturated carbocycles. The molecule has 1 aliphatic carbocycles. The average molecular weight is 501 g/mol. The zero-order valence-electron chi connectivity index (χ0n) is 21.0. The summed E-state index contributed by atoms with van der Waals surface area (Å²) in [5.41, 5.74) is 1.06. The Morgan fingerprint density at radius 2 is 2.09 bits per heavy atom. The lowest BCUT2D eigenvalue weighted by Crippen LogP contribution is -2.46. The fraction of sp³-hybridized carbons (Fsp3) is 0.577. The summed E-state index contributed by atoms with van der Waals surface area (Å²) in [6.07, 6.45) is 4.65. The lowest BCUT2D eigenvalue weighted by atomic mass is 9.85. The minimum absolute atomic E-state index is 0.0193. The summed E-state index contributed by atoms with van der Waals surface area (Å²) < 4.78 is 12.1. The summed E-state index contributed by atoms with van der Waals surface area (Å²) in [5, 5.41) is 6.03. The van der Waals surface area contributed by atoms with Gasteiger partial charge in [0.2, 0.25) is 5.91 Å². The van der Waals surface area contributed by atoms with Gasteiger partial charge in [-0.25, -0.2) is 4.98 Å². The van der Waals surface area contributed by atoms with Crippen LogP contribution in [-0.2, 0) is 16.1 Å². The van der Waals surface area contributed by atoms with E-state index in [1.807, 2.05) is 17.6 Å². The van der Waals surface area contributed by atoms with E-state index in [9.17, 15) is 9.59 Å². The van der Waals surface area contributed by atoms with Crippen LogP contribution in [0.3, 0.4) is 0 Å². The SMILES string of the molecule is CO[C@@H]1CN(C)C(=O)c2cc(NC(=O)C3CCC3)ccc2OC[C@H](C)N(Cc2nccs2)C[C@H]1C. The highest BCUT2D eigenvalue weighted by atomic mass is 32.1. The number of benzene rings is 1. The van der Waals surface area contributed by atoms with Gasteiger partial charge < -0.3 is 19.7 Å². The number of anilines is 1. The Kier molecular flexibility index (Phi) is 8.41. The van der Waals surface area contributed by atoms with Crippen molar-refractivity contribution in [2.45, 2.75) is 51.8 Å². The minimum Gasteiger partial charge on any atom is -0.491 e. The van der Waals surface area contributed by atoms with Crippen LogP contribution < -0.4 is 10.1 Å². The second-order valence-electron chi connectivity index (χ2n) is 9.78. The number of fused-ring (bicyclic) bond motifs is 1. The monoisotopic (exact) mass is 500 g/mol. The largest absolute Gasteiger partial charge is 0.491 e. The highest BCUT2D eigenvalue weighted by molar-refractivity contribution is 7.09. The van der Waals surface area contributed by atoms with E-state index < -0.39 is 0 Å². The highest BCUT2D eigenvalue weighted by Crippen LogP contribution is 2.30. The van der Waals surface area contributed by atoms with Crippen LogP contribution >= 0.6 is 11.3 Å². The molecule has 35 heavy (non-hydrogen) atoms. The van der Waals surface area contributed by atoms with Crippen LogP contribution in [0.25, 0.3) is 0 Å². The van der Waals surface area contributed by atoms with E-state index >= 15 is 0 Å². The number of ether oxygens (including phenoxy) is 2. The van der Waals surface area contributed by atoms with Gasteiger partial charge in [-0.05, 0) is 43.9 Å². The molecule has 3 atom stereocenters. The van der Waals surface area contributed by atoms with Crippen molar-refractivity contribution in [2.24, 2.45) is 11.8 Å². The molecule has 2 aliphatic rings. The van der Waals surface area contributed by atoms with Crippen LogP contribution in [0.4, 0.5) is 5.69 Å². The molecule has 190 valence electrons. The lowest BCUT2D eigenvalue weighted by Gasteiger charge is -2.35. The van der Waals surface area contributed by atoms with Gasteiger partial charge >= 0.3 is 0 Å². The van der Waals surface area contributed by atoms with Crippen molar-refractivity contribution >= 4 is 28.8 Å². The van der Waals surface area contributed by atoms with Crippen molar-refractivity contribution in [2.75, 3.05) is 39.2 Å². The number of amides is 2. The number of rotatable bonds is 5. The maximum absolute atomic E-state index is 13.5. The van der Waals surface area contributed by atoms with Gasteiger partial charge in [-0.1, -0.05) is 13.3 Å². The molecular formula is C26H36N4O4S. The maximum Gasteiger partial charge on any atom is 0.257 e. The summed E-state index contributed by atoms with van der Waals surface area (Å²) in [5.74, 6) is 0.642. The van der Waals surface area contributed by atoms with E-state index in [0.717, 1.165) is 37.4 Å². The summed E-state index contributed by atoms with van der Waals surface area (Å²) in [6, 6.07) is 5.43. The van der Waals surface area contributed by atoms with Crippen LogP contribution in [0.1, 0.15) is 48.5 Å². The topological polar surface area (TPSA) is 84.0 Å². The molecule has 1 N–H and O–H groups in total. The van der Waals surface area contributed by atoms with Crippen LogP contribution in [0.2, 0.25) is 0 Å². The van der Waals surface area contributed by atoms with Gasteiger partial charge in [0, 0.05) is 56.5 Å². The first-order chi connectivity index (χ1) is 16.9. The van der Waals surface area contributed by atoms with Crippen LogP contribution in [-0.4, -0.2) is 72.6 Å². The molecule has 1 aromatic heterocycles. The molecule has 2 heterocycles. The number of nitrogens with one attached hydrogen (secondary N) is 1. The Balaban J connectivity index is 1.60. The van der Waals surface area contributed by atoms with Crippen molar-refractivity contribution in [3.05, 3.63) is 40.3 Å².